The number of nitrogens with two attached hydrogens (primary N) is 1. The highest BCUT2D eigenvalue weighted by Crippen LogP contribution is 2.27. The average Bonchev–Trinajstić information content (AvgIpc) is 2.30. The van der Waals surface area contributed by atoms with Crippen molar-refractivity contribution in [1.82, 2.24) is 0 Å². The van der Waals surface area contributed by atoms with Gasteiger partial charge in [0.25, 0.3) is 0 Å². The highest BCUT2D eigenvalue weighted by molar-refractivity contribution is 7.98. The van der Waals surface area contributed by atoms with E-state index in [0.29, 0.717) is 0 Å². The molecule has 66 valence electrons. The normalized spacial score (nSPS) is 37.9. The van der Waals surface area contributed by atoms with Crippen LogP contribution in [0.1, 0.15) is 19.8 Å². The molecule has 2 N–H and O–H groups in total. The van der Waals surface area contributed by atoms with Gasteiger partial charge in [-0.2, -0.15) is 11.8 Å². The molecule has 1 saturated heterocycles. The Morgan fingerprint density at radius 1 is 1.73 bits per heavy atom. The highest BCUT2D eigenvalue weighted by Gasteiger charge is 2.36. The molecule has 0 amide bonds. The van der Waals surface area contributed by atoms with Crippen molar-refractivity contribution in [2.45, 2.75) is 31.4 Å². The summed E-state index contributed by atoms with van der Waals surface area (Å²) in [5.74, 6) is 1.14. The minimum Gasteiger partial charge on any atom is -0.377 e. The number of hydrogen-bond donors (Lipinski definition) is 1. The third-order valence-corrected chi connectivity index (χ3v) is 3.13. The fourth-order valence-electron chi connectivity index (χ4n) is 1.42. The van der Waals surface area contributed by atoms with Gasteiger partial charge in [0.05, 0.1) is 6.10 Å². The molecule has 0 aromatic rings. The Balaban J connectivity index is 2.38. The van der Waals surface area contributed by atoms with Crippen LogP contribution in [-0.2, 0) is 4.74 Å². The van der Waals surface area contributed by atoms with Gasteiger partial charge >= 0.3 is 0 Å². The first kappa shape index (κ1) is 9.36. The number of thioether (sulfide) groups is 1. The summed E-state index contributed by atoms with van der Waals surface area (Å²) < 4.78 is 5.43. The van der Waals surface area contributed by atoms with Crippen LogP contribution in [0.2, 0.25) is 0 Å². The molecule has 0 aliphatic carbocycles. The van der Waals surface area contributed by atoms with Crippen LogP contribution < -0.4 is 5.73 Å². The zero-order chi connectivity index (χ0) is 8.32. The Hall–Kier alpha value is 0.270. The predicted octanol–water partition coefficient (Wildman–Crippen LogP) is 1.25. The second-order valence-corrected chi connectivity index (χ2v) is 4.22. The van der Waals surface area contributed by atoms with Crippen molar-refractivity contribution in [2.24, 2.45) is 5.73 Å². The largest absolute Gasteiger partial charge is 0.377 e. The summed E-state index contributed by atoms with van der Waals surface area (Å²) in [4.78, 5) is 0. The van der Waals surface area contributed by atoms with Crippen LogP contribution in [0.4, 0.5) is 0 Å². The molecule has 3 heteroatoms. The molecule has 2 unspecified atom stereocenters. The third kappa shape index (κ3) is 2.10. The summed E-state index contributed by atoms with van der Waals surface area (Å²) in [6, 6.07) is 0. The lowest BCUT2D eigenvalue weighted by molar-refractivity contribution is 0.0947. The van der Waals surface area contributed by atoms with Crippen molar-refractivity contribution >= 4 is 11.8 Å². The molecule has 2 nitrogen and oxygen atoms in total. The topological polar surface area (TPSA) is 35.2 Å². The van der Waals surface area contributed by atoms with Gasteiger partial charge < -0.3 is 10.5 Å². The molecule has 1 aliphatic rings. The number of ether oxygens (including phenoxy) is 1. The molecule has 0 saturated carbocycles. The zero-order valence-corrected chi connectivity index (χ0v) is 8.12. The van der Waals surface area contributed by atoms with E-state index >= 15 is 0 Å². The van der Waals surface area contributed by atoms with Gasteiger partial charge in [-0.3, -0.25) is 0 Å². The van der Waals surface area contributed by atoms with Crippen molar-refractivity contribution in [3.63, 3.8) is 0 Å². The molecule has 2 atom stereocenters. The first-order valence-corrected chi connectivity index (χ1v) is 5.48. The van der Waals surface area contributed by atoms with Crippen LogP contribution >= 0.6 is 11.8 Å². The number of rotatable bonds is 3. The summed E-state index contributed by atoms with van der Waals surface area (Å²) >= 11 is 1.85. The van der Waals surface area contributed by atoms with E-state index in [1.54, 1.807) is 0 Å². The van der Waals surface area contributed by atoms with Gasteiger partial charge in [-0.15, -0.1) is 0 Å². The van der Waals surface area contributed by atoms with Crippen LogP contribution in [0.15, 0.2) is 0 Å². The van der Waals surface area contributed by atoms with Crippen LogP contribution in [0, 0.1) is 0 Å². The predicted molar refractivity (Wildman–Crippen MR) is 49.9 cm³/mol. The molecular weight excluding hydrogens is 158 g/mol. The summed E-state index contributed by atoms with van der Waals surface area (Å²) in [5, 5.41) is 0. The van der Waals surface area contributed by atoms with Crippen LogP contribution in [0.25, 0.3) is 0 Å². The molecule has 1 aliphatic heterocycles. The van der Waals surface area contributed by atoms with Crippen molar-refractivity contribution < 1.29 is 4.74 Å². The monoisotopic (exact) mass is 175 g/mol. The van der Waals surface area contributed by atoms with Gasteiger partial charge in [0, 0.05) is 12.1 Å². The molecular formula is C8H17NOS. The summed E-state index contributed by atoms with van der Waals surface area (Å²) in [6.07, 6.45) is 4.46. The standard InChI is InChI=1S/C8H17NOS/c1-7-8(9,3-5-10-7)4-6-11-2/h7H,3-6,9H2,1-2H3. The van der Waals surface area contributed by atoms with Crippen molar-refractivity contribution in [3.8, 4) is 0 Å². The quantitative estimate of drug-likeness (QED) is 0.701. The van der Waals surface area contributed by atoms with E-state index in [2.05, 4.69) is 13.2 Å². The van der Waals surface area contributed by atoms with E-state index in [4.69, 9.17) is 10.5 Å². The Morgan fingerprint density at radius 2 is 2.45 bits per heavy atom. The third-order valence-electron chi connectivity index (χ3n) is 2.52. The molecule has 1 heterocycles. The van der Waals surface area contributed by atoms with E-state index in [1.807, 2.05) is 11.8 Å². The lowest BCUT2D eigenvalue weighted by Crippen LogP contribution is -2.46. The van der Waals surface area contributed by atoms with E-state index in [1.165, 1.54) is 0 Å². The fraction of sp³-hybridized carbons (Fsp3) is 1.00. The summed E-state index contributed by atoms with van der Waals surface area (Å²) in [6.45, 7) is 2.92. The summed E-state index contributed by atoms with van der Waals surface area (Å²) in [5.41, 5.74) is 6.11. The van der Waals surface area contributed by atoms with Crippen LogP contribution in [0.3, 0.4) is 0 Å². The minimum atomic E-state index is -0.0387. The molecule has 1 fully saturated rings. The van der Waals surface area contributed by atoms with Crippen molar-refractivity contribution in [2.75, 3.05) is 18.6 Å². The Labute approximate surface area is 72.9 Å². The maximum absolute atomic E-state index is 6.15. The van der Waals surface area contributed by atoms with Gasteiger partial charge in [0.15, 0.2) is 0 Å². The first-order chi connectivity index (χ1) is 5.19. The lowest BCUT2D eigenvalue weighted by atomic mass is 9.91. The molecule has 0 spiro atoms. The van der Waals surface area contributed by atoms with Crippen molar-refractivity contribution in [3.05, 3.63) is 0 Å². The molecule has 0 aromatic carbocycles. The van der Waals surface area contributed by atoms with Gasteiger partial charge in [-0.1, -0.05) is 0 Å². The molecule has 0 aromatic heterocycles. The first-order valence-electron chi connectivity index (χ1n) is 4.08. The van der Waals surface area contributed by atoms with E-state index in [0.717, 1.165) is 25.2 Å². The van der Waals surface area contributed by atoms with Crippen LogP contribution in [0.5, 0.6) is 0 Å². The van der Waals surface area contributed by atoms with E-state index < -0.39 is 0 Å². The van der Waals surface area contributed by atoms with Gasteiger partial charge in [-0.05, 0) is 31.8 Å². The fourth-order valence-corrected chi connectivity index (χ4v) is 2.00. The van der Waals surface area contributed by atoms with Gasteiger partial charge in [-0.25, -0.2) is 0 Å². The average molecular weight is 175 g/mol. The SMILES string of the molecule is CSCCC1(N)CCOC1C. The highest BCUT2D eigenvalue weighted by atomic mass is 32.2. The van der Waals surface area contributed by atoms with Crippen molar-refractivity contribution in [1.29, 1.82) is 0 Å². The molecule has 1 rings (SSSR count). The Morgan fingerprint density at radius 3 is 2.91 bits per heavy atom. The second-order valence-electron chi connectivity index (χ2n) is 3.24. The lowest BCUT2D eigenvalue weighted by Gasteiger charge is -2.26. The van der Waals surface area contributed by atoms with Gasteiger partial charge in [0.2, 0.25) is 0 Å². The smallest absolute Gasteiger partial charge is 0.0727 e. The van der Waals surface area contributed by atoms with E-state index in [9.17, 15) is 0 Å². The zero-order valence-electron chi connectivity index (χ0n) is 7.30. The van der Waals surface area contributed by atoms with Crippen LogP contribution in [-0.4, -0.2) is 30.3 Å². The Bertz CT molecular complexity index is 131. The maximum Gasteiger partial charge on any atom is 0.0727 e. The molecule has 11 heavy (non-hydrogen) atoms. The molecule has 0 radical (unpaired) electrons. The van der Waals surface area contributed by atoms with E-state index in [-0.39, 0.29) is 11.6 Å². The summed E-state index contributed by atoms with van der Waals surface area (Å²) in [7, 11) is 0. The maximum atomic E-state index is 6.15. The molecule has 0 bridgehead atoms. The number of hydrogen-bond acceptors (Lipinski definition) is 3. The Kier molecular flexibility index (Phi) is 3.22. The van der Waals surface area contributed by atoms with Gasteiger partial charge in [0.1, 0.15) is 0 Å². The second kappa shape index (κ2) is 3.78. The minimum absolute atomic E-state index is 0.0387.